The van der Waals surface area contributed by atoms with Crippen LogP contribution in [0.1, 0.15) is 33.3 Å². The summed E-state index contributed by atoms with van der Waals surface area (Å²) in [7, 11) is 3.82. The van der Waals surface area contributed by atoms with Gasteiger partial charge in [0, 0.05) is 27.2 Å². The summed E-state index contributed by atoms with van der Waals surface area (Å²) < 4.78 is 5.58. The number of nitrogens with zero attached hydrogens (tertiary/aromatic N) is 2. The van der Waals surface area contributed by atoms with Gasteiger partial charge in [0.1, 0.15) is 0 Å². The van der Waals surface area contributed by atoms with Gasteiger partial charge >= 0.3 is 0 Å². The van der Waals surface area contributed by atoms with Gasteiger partial charge in [-0.15, -0.1) is 24.0 Å². The molecule has 1 aromatic heterocycles. The fourth-order valence-electron chi connectivity index (χ4n) is 2.07. The Labute approximate surface area is 156 Å². The van der Waals surface area contributed by atoms with Gasteiger partial charge in [-0.05, 0) is 34.7 Å². The van der Waals surface area contributed by atoms with E-state index >= 15 is 0 Å². The number of methoxy groups -OCH3 is 1. The average molecular weight is 439 g/mol. The molecule has 0 spiro atoms. The number of guanidine groups is 1. The second-order valence-electron chi connectivity index (χ2n) is 6.27. The molecule has 0 saturated heterocycles. The zero-order chi connectivity index (χ0) is 15.9. The molecule has 0 aromatic carbocycles. The highest BCUT2D eigenvalue weighted by Gasteiger charge is 2.24. The third-order valence-corrected chi connectivity index (χ3v) is 4.09. The van der Waals surface area contributed by atoms with Gasteiger partial charge in [-0.25, -0.2) is 0 Å². The van der Waals surface area contributed by atoms with Crippen molar-refractivity contribution in [3.63, 3.8) is 0 Å². The van der Waals surface area contributed by atoms with E-state index in [4.69, 9.17) is 9.73 Å². The highest BCUT2D eigenvalue weighted by Crippen LogP contribution is 2.22. The molecule has 6 heteroatoms. The van der Waals surface area contributed by atoms with Gasteiger partial charge in [-0.1, -0.05) is 20.8 Å². The van der Waals surface area contributed by atoms with Gasteiger partial charge in [-0.2, -0.15) is 11.3 Å². The van der Waals surface area contributed by atoms with Crippen LogP contribution in [0.15, 0.2) is 21.8 Å². The van der Waals surface area contributed by atoms with Crippen molar-refractivity contribution < 1.29 is 4.74 Å². The van der Waals surface area contributed by atoms with Crippen molar-refractivity contribution in [2.24, 2.45) is 10.4 Å². The van der Waals surface area contributed by atoms with E-state index in [1.165, 1.54) is 5.56 Å². The van der Waals surface area contributed by atoms with Crippen LogP contribution in [0.3, 0.4) is 0 Å². The lowest BCUT2D eigenvalue weighted by Crippen LogP contribution is -2.40. The molecule has 0 bridgehead atoms. The van der Waals surface area contributed by atoms with Crippen LogP contribution >= 0.6 is 35.3 Å². The number of hydrogen-bond donors (Lipinski definition) is 1. The monoisotopic (exact) mass is 439 g/mol. The Bertz CT molecular complexity index is 429. The van der Waals surface area contributed by atoms with Crippen LogP contribution in [0.2, 0.25) is 0 Å². The van der Waals surface area contributed by atoms with E-state index < -0.39 is 0 Å². The first-order valence-electron chi connectivity index (χ1n) is 7.41. The second kappa shape index (κ2) is 10.4. The quantitative estimate of drug-likeness (QED) is 0.416. The van der Waals surface area contributed by atoms with Gasteiger partial charge < -0.3 is 15.0 Å². The molecule has 1 rings (SSSR count). The Morgan fingerprint density at radius 3 is 2.59 bits per heavy atom. The predicted molar refractivity (Wildman–Crippen MR) is 107 cm³/mol. The van der Waals surface area contributed by atoms with E-state index in [-0.39, 0.29) is 35.5 Å². The number of ether oxygens (including phenoxy) is 1. The third kappa shape index (κ3) is 7.28. The SMILES string of the molecule is CCNC(=NCC(OC)C(C)(C)C)N(C)Cc1ccsc1.I. The maximum absolute atomic E-state index is 5.58. The summed E-state index contributed by atoms with van der Waals surface area (Å²) in [5.41, 5.74) is 1.40. The van der Waals surface area contributed by atoms with E-state index in [1.807, 2.05) is 0 Å². The van der Waals surface area contributed by atoms with E-state index in [9.17, 15) is 0 Å². The first-order chi connectivity index (χ1) is 9.88. The van der Waals surface area contributed by atoms with Gasteiger partial charge in [0.25, 0.3) is 0 Å². The van der Waals surface area contributed by atoms with Crippen molar-refractivity contribution in [2.45, 2.75) is 40.3 Å². The summed E-state index contributed by atoms with van der Waals surface area (Å²) in [6.45, 7) is 11.0. The smallest absolute Gasteiger partial charge is 0.194 e. The van der Waals surface area contributed by atoms with Crippen LogP contribution in [0.5, 0.6) is 0 Å². The molecule has 1 unspecified atom stereocenters. The lowest BCUT2D eigenvalue weighted by atomic mass is 9.89. The Morgan fingerprint density at radius 1 is 1.45 bits per heavy atom. The van der Waals surface area contributed by atoms with Gasteiger partial charge in [0.15, 0.2) is 5.96 Å². The Kier molecular flexibility index (Phi) is 10.3. The lowest BCUT2D eigenvalue weighted by molar-refractivity contribution is 0.0240. The average Bonchev–Trinajstić information content (AvgIpc) is 2.89. The molecule has 1 atom stereocenters. The lowest BCUT2D eigenvalue weighted by Gasteiger charge is -2.29. The molecule has 0 amide bonds. The van der Waals surface area contributed by atoms with Crippen LogP contribution in [0.4, 0.5) is 0 Å². The molecule has 0 aliphatic heterocycles. The summed E-state index contributed by atoms with van der Waals surface area (Å²) in [5, 5.41) is 7.63. The Balaban J connectivity index is 0.00000441. The topological polar surface area (TPSA) is 36.9 Å². The van der Waals surface area contributed by atoms with Gasteiger partial charge in [0.05, 0.1) is 12.6 Å². The number of rotatable bonds is 6. The minimum Gasteiger partial charge on any atom is -0.379 e. The molecule has 0 fully saturated rings. The molecule has 1 N–H and O–H groups in total. The second-order valence-corrected chi connectivity index (χ2v) is 7.05. The van der Waals surface area contributed by atoms with Gasteiger partial charge in [0.2, 0.25) is 0 Å². The molecule has 0 aliphatic rings. The molecule has 0 aliphatic carbocycles. The van der Waals surface area contributed by atoms with Crippen LogP contribution in [0, 0.1) is 5.41 Å². The molecular weight excluding hydrogens is 409 g/mol. The molecule has 128 valence electrons. The molecule has 22 heavy (non-hydrogen) atoms. The summed E-state index contributed by atoms with van der Waals surface area (Å²) >= 11 is 1.72. The largest absolute Gasteiger partial charge is 0.379 e. The first-order valence-corrected chi connectivity index (χ1v) is 8.36. The molecular formula is C16H30IN3OS. The molecule has 1 aromatic rings. The Hall–Kier alpha value is -0.340. The van der Waals surface area contributed by atoms with Crippen molar-refractivity contribution in [3.8, 4) is 0 Å². The van der Waals surface area contributed by atoms with E-state index in [0.717, 1.165) is 19.0 Å². The molecule has 0 saturated carbocycles. The number of hydrogen-bond acceptors (Lipinski definition) is 3. The number of nitrogens with one attached hydrogen (secondary N) is 1. The van der Waals surface area contributed by atoms with Crippen LogP contribution < -0.4 is 5.32 Å². The predicted octanol–water partition coefficient (Wildman–Crippen LogP) is 3.82. The number of halogens is 1. The fourth-order valence-corrected chi connectivity index (χ4v) is 2.73. The minimum absolute atomic E-state index is 0. The summed E-state index contributed by atoms with van der Waals surface area (Å²) in [6, 6.07) is 2.15. The highest BCUT2D eigenvalue weighted by molar-refractivity contribution is 14.0. The summed E-state index contributed by atoms with van der Waals surface area (Å²) in [6.07, 6.45) is 0.112. The first kappa shape index (κ1) is 21.7. The zero-order valence-corrected chi connectivity index (χ0v) is 17.7. The molecule has 1 heterocycles. The van der Waals surface area contributed by atoms with Gasteiger partial charge in [-0.3, -0.25) is 4.99 Å². The summed E-state index contributed by atoms with van der Waals surface area (Å²) in [4.78, 5) is 6.90. The fraction of sp³-hybridized carbons (Fsp3) is 0.688. The van der Waals surface area contributed by atoms with E-state index in [1.54, 1.807) is 18.4 Å². The molecule has 4 nitrogen and oxygen atoms in total. The standard InChI is InChI=1S/C16H29N3OS.HI/c1-7-17-15(18-10-14(20-6)16(2,3)4)19(5)11-13-8-9-21-12-13;/h8-9,12,14H,7,10-11H2,1-6H3,(H,17,18);1H. The van der Waals surface area contributed by atoms with Crippen LogP contribution in [-0.4, -0.2) is 44.2 Å². The zero-order valence-electron chi connectivity index (χ0n) is 14.5. The minimum atomic E-state index is 0. The van der Waals surface area contributed by atoms with Crippen molar-refractivity contribution >= 4 is 41.3 Å². The maximum atomic E-state index is 5.58. The van der Waals surface area contributed by atoms with E-state index in [2.05, 4.69) is 61.8 Å². The summed E-state index contributed by atoms with van der Waals surface area (Å²) in [5.74, 6) is 0.926. The Morgan fingerprint density at radius 2 is 2.14 bits per heavy atom. The maximum Gasteiger partial charge on any atom is 0.194 e. The van der Waals surface area contributed by atoms with Crippen molar-refractivity contribution in [1.82, 2.24) is 10.2 Å². The van der Waals surface area contributed by atoms with Crippen LogP contribution in [-0.2, 0) is 11.3 Å². The van der Waals surface area contributed by atoms with Crippen molar-refractivity contribution in [2.75, 3.05) is 27.2 Å². The normalized spacial score (nSPS) is 13.5. The number of aliphatic imine (C=N–C) groups is 1. The third-order valence-electron chi connectivity index (χ3n) is 3.35. The van der Waals surface area contributed by atoms with Crippen LogP contribution in [0.25, 0.3) is 0 Å². The van der Waals surface area contributed by atoms with Crippen molar-refractivity contribution in [3.05, 3.63) is 22.4 Å². The number of thiophene rings is 1. The van der Waals surface area contributed by atoms with Crippen molar-refractivity contribution in [1.29, 1.82) is 0 Å². The highest BCUT2D eigenvalue weighted by atomic mass is 127. The van der Waals surface area contributed by atoms with E-state index in [0.29, 0.717) is 6.54 Å². The molecule has 0 radical (unpaired) electrons.